The molecule has 14 heavy (non-hydrogen) atoms. The minimum absolute atomic E-state index is 0.571. The van der Waals surface area contributed by atoms with E-state index in [9.17, 15) is 0 Å². The van der Waals surface area contributed by atoms with E-state index in [4.69, 9.17) is 0 Å². The largest absolute Gasteiger partial charge is 0.314 e. The van der Waals surface area contributed by atoms with E-state index in [2.05, 4.69) is 38.0 Å². The third-order valence-electron chi connectivity index (χ3n) is 2.16. The molecule has 0 aromatic carbocycles. The summed E-state index contributed by atoms with van der Waals surface area (Å²) in [6.45, 7) is 9.71. The highest BCUT2D eigenvalue weighted by Crippen LogP contribution is 2.17. The number of rotatable bonds is 5. The molecule has 0 bridgehead atoms. The molecule has 0 radical (unpaired) electrons. The molecule has 0 amide bonds. The first-order valence-corrected chi connectivity index (χ1v) is 6.13. The summed E-state index contributed by atoms with van der Waals surface area (Å²) in [5, 5.41) is 4.68. The van der Waals surface area contributed by atoms with Crippen molar-refractivity contribution in [3.05, 3.63) is 15.6 Å². The van der Waals surface area contributed by atoms with Gasteiger partial charge in [0.1, 0.15) is 0 Å². The Hall–Kier alpha value is -0.410. The van der Waals surface area contributed by atoms with Crippen molar-refractivity contribution in [3.63, 3.8) is 0 Å². The lowest BCUT2D eigenvalue weighted by atomic mass is 10.3. The van der Waals surface area contributed by atoms with Gasteiger partial charge in [0.25, 0.3) is 0 Å². The third kappa shape index (κ3) is 3.39. The van der Waals surface area contributed by atoms with Gasteiger partial charge in [0.15, 0.2) is 0 Å². The molecule has 0 aliphatic carbocycles. The predicted molar refractivity (Wildman–Crippen MR) is 63.1 cm³/mol. The molecule has 0 aliphatic rings. The first kappa shape index (κ1) is 11.7. The van der Waals surface area contributed by atoms with E-state index in [1.54, 1.807) is 0 Å². The molecule has 0 saturated heterocycles. The van der Waals surface area contributed by atoms with Crippen LogP contribution in [0.4, 0.5) is 0 Å². The molecular weight excluding hydrogens is 192 g/mol. The first-order valence-electron chi connectivity index (χ1n) is 5.32. The zero-order chi connectivity index (χ0) is 10.6. The van der Waals surface area contributed by atoms with Crippen LogP contribution < -0.4 is 5.32 Å². The van der Waals surface area contributed by atoms with Crippen LogP contribution in [0, 0.1) is 6.92 Å². The van der Waals surface area contributed by atoms with Crippen LogP contribution in [-0.4, -0.2) is 17.6 Å². The lowest BCUT2D eigenvalue weighted by molar-refractivity contribution is 0.589. The van der Waals surface area contributed by atoms with Crippen molar-refractivity contribution >= 4 is 11.3 Å². The molecule has 1 N–H and O–H groups in total. The summed E-state index contributed by atoms with van der Waals surface area (Å²) in [6, 6.07) is 0.571. The van der Waals surface area contributed by atoms with Crippen LogP contribution in [0.2, 0.25) is 0 Å². The predicted octanol–water partition coefficient (Wildman–Crippen LogP) is 2.55. The average Bonchev–Trinajstić information content (AvgIpc) is 2.45. The number of hydrogen-bond donors (Lipinski definition) is 1. The fourth-order valence-electron chi connectivity index (χ4n) is 1.39. The molecule has 2 nitrogen and oxygen atoms in total. The van der Waals surface area contributed by atoms with Gasteiger partial charge < -0.3 is 5.32 Å². The third-order valence-corrected chi connectivity index (χ3v) is 3.24. The monoisotopic (exact) mass is 212 g/mol. The van der Waals surface area contributed by atoms with Crippen molar-refractivity contribution in [3.8, 4) is 0 Å². The number of nitrogens with zero attached hydrogens (tertiary/aromatic N) is 1. The molecule has 0 fully saturated rings. The number of aromatic nitrogens is 1. The Morgan fingerprint density at radius 2 is 2.14 bits per heavy atom. The minimum Gasteiger partial charge on any atom is -0.314 e. The van der Waals surface area contributed by atoms with Crippen molar-refractivity contribution in [2.24, 2.45) is 0 Å². The summed E-state index contributed by atoms with van der Waals surface area (Å²) in [5.74, 6) is 0. The Balaban J connectivity index is 2.43. The highest BCUT2D eigenvalue weighted by Gasteiger charge is 2.05. The second kappa shape index (κ2) is 5.47. The smallest absolute Gasteiger partial charge is 0.0943 e. The van der Waals surface area contributed by atoms with Gasteiger partial charge in [-0.05, 0) is 13.3 Å². The highest BCUT2D eigenvalue weighted by molar-refractivity contribution is 7.11. The summed E-state index contributed by atoms with van der Waals surface area (Å²) in [7, 11) is 0. The van der Waals surface area contributed by atoms with Crippen LogP contribution in [-0.2, 0) is 12.8 Å². The van der Waals surface area contributed by atoms with Crippen molar-refractivity contribution in [2.45, 2.75) is 46.6 Å². The van der Waals surface area contributed by atoms with Crippen molar-refractivity contribution in [1.29, 1.82) is 0 Å². The molecule has 0 saturated carbocycles. The van der Waals surface area contributed by atoms with Gasteiger partial charge in [-0.2, -0.15) is 0 Å². The van der Waals surface area contributed by atoms with Gasteiger partial charge in [-0.3, -0.25) is 0 Å². The van der Waals surface area contributed by atoms with Crippen LogP contribution in [0.25, 0.3) is 0 Å². The van der Waals surface area contributed by atoms with Gasteiger partial charge in [0, 0.05) is 23.9 Å². The molecular formula is C11H20N2S. The van der Waals surface area contributed by atoms with Crippen LogP contribution >= 0.6 is 11.3 Å². The number of nitrogens with one attached hydrogen (secondary N) is 1. The number of aryl methyl sites for hydroxylation is 2. The standard InChI is InChI=1S/C11H20N2S/c1-5-10-9(4)14-11(13-10)6-7-12-8(2)3/h8,12H,5-7H2,1-4H3. The maximum atomic E-state index is 4.60. The first-order chi connectivity index (χ1) is 6.63. The summed E-state index contributed by atoms with van der Waals surface area (Å²) in [6.07, 6.45) is 2.11. The molecule has 0 atom stereocenters. The van der Waals surface area contributed by atoms with Crippen LogP contribution in [0.15, 0.2) is 0 Å². The summed E-state index contributed by atoms with van der Waals surface area (Å²) >= 11 is 1.84. The van der Waals surface area contributed by atoms with Crippen molar-refractivity contribution < 1.29 is 0 Å². The average molecular weight is 212 g/mol. The Labute approximate surface area is 90.8 Å². The summed E-state index contributed by atoms with van der Waals surface area (Å²) in [4.78, 5) is 5.99. The molecule has 1 aromatic heterocycles. The van der Waals surface area contributed by atoms with E-state index in [0.29, 0.717) is 6.04 Å². The fraction of sp³-hybridized carbons (Fsp3) is 0.727. The second-order valence-corrected chi connectivity index (χ2v) is 5.11. The van der Waals surface area contributed by atoms with Gasteiger partial charge in [0.2, 0.25) is 0 Å². The SMILES string of the molecule is CCc1nc(CCNC(C)C)sc1C. The summed E-state index contributed by atoms with van der Waals surface area (Å²) < 4.78 is 0. The highest BCUT2D eigenvalue weighted by atomic mass is 32.1. The van der Waals surface area contributed by atoms with E-state index < -0.39 is 0 Å². The molecule has 0 unspecified atom stereocenters. The Bertz CT molecular complexity index is 279. The molecule has 0 spiro atoms. The molecule has 3 heteroatoms. The van der Waals surface area contributed by atoms with Crippen molar-refractivity contribution in [1.82, 2.24) is 10.3 Å². The zero-order valence-corrected chi connectivity index (χ0v) is 10.4. The summed E-state index contributed by atoms with van der Waals surface area (Å²) in [5.41, 5.74) is 1.27. The maximum Gasteiger partial charge on any atom is 0.0943 e. The molecule has 1 aromatic rings. The van der Waals surface area contributed by atoms with Crippen LogP contribution in [0.3, 0.4) is 0 Å². The Morgan fingerprint density at radius 3 is 2.64 bits per heavy atom. The lowest BCUT2D eigenvalue weighted by Gasteiger charge is -2.05. The Kier molecular flexibility index (Phi) is 4.55. The molecule has 0 aliphatic heterocycles. The van der Waals surface area contributed by atoms with Gasteiger partial charge >= 0.3 is 0 Å². The normalized spacial score (nSPS) is 11.2. The number of hydrogen-bond acceptors (Lipinski definition) is 3. The van der Waals surface area contributed by atoms with E-state index in [1.165, 1.54) is 15.6 Å². The quantitative estimate of drug-likeness (QED) is 0.811. The van der Waals surface area contributed by atoms with Crippen LogP contribution in [0.5, 0.6) is 0 Å². The van der Waals surface area contributed by atoms with E-state index in [1.807, 2.05) is 11.3 Å². The lowest BCUT2D eigenvalue weighted by Crippen LogP contribution is -2.24. The van der Waals surface area contributed by atoms with Gasteiger partial charge in [-0.1, -0.05) is 20.8 Å². The topological polar surface area (TPSA) is 24.9 Å². The maximum absolute atomic E-state index is 4.60. The van der Waals surface area contributed by atoms with Gasteiger partial charge in [-0.25, -0.2) is 4.98 Å². The van der Waals surface area contributed by atoms with Gasteiger partial charge in [0.05, 0.1) is 10.7 Å². The molecule has 1 rings (SSSR count). The minimum atomic E-state index is 0.571. The van der Waals surface area contributed by atoms with E-state index >= 15 is 0 Å². The van der Waals surface area contributed by atoms with Gasteiger partial charge in [-0.15, -0.1) is 11.3 Å². The van der Waals surface area contributed by atoms with E-state index in [0.717, 1.165) is 19.4 Å². The van der Waals surface area contributed by atoms with E-state index in [-0.39, 0.29) is 0 Å². The second-order valence-electron chi connectivity index (χ2n) is 3.82. The molecule has 80 valence electrons. The Morgan fingerprint density at radius 1 is 1.43 bits per heavy atom. The fourth-order valence-corrected chi connectivity index (χ4v) is 2.41. The number of thiazole rings is 1. The van der Waals surface area contributed by atoms with Crippen molar-refractivity contribution in [2.75, 3.05) is 6.54 Å². The van der Waals surface area contributed by atoms with Crippen LogP contribution in [0.1, 0.15) is 36.3 Å². The zero-order valence-electron chi connectivity index (χ0n) is 9.55. The molecule has 1 heterocycles.